The summed E-state index contributed by atoms with van der Waals surface area (Å²) in [6, 6.07) is 14.4. The molecule has 1 fully saturated rings. The van der Waals surface area contributed by atoms with Crippen LogP contribution in [0.2, 0.25) is 0 Å². The molecule has 2 N–H and O–H groups in total. The van der Waals surface area contributed by atoms with Crippen molar-refractivity contribution in [3.05, 3.63) is 89.7 Å². The summed E-state index contributed by atoms with van der Waals surface area (Å²) in [6.45, 7) is 0. The number of hydrogen-bond acceptors (Lipinski definition) is 3. The molecule has 0 saturated heterocycles. The number of aromatic nitrogens is 1. The summed E-state index contributed by atoms with van der Waals surface area (Å²) in [5.41, 5.74) is 0.857. The zero-order valence-corrected chi connectivity index (χ0v) is 16.2. The van der Waals surface area contributed by atoms with Crippen LogP contribution in [-0.2, 0) is 11.0 Å². The molecule has 0 radical (unpaired) electrons. The molecule has 8 heteroatoms. The zero-order chi connectivity index (χ0) is 22.0. The van der Waals surface area contributed by atoms with Crippen LogP contribution < -0.4 is 10.6 Å². The number of nitrogens with one attached hydrogen (secondary N) is 2. The molecule has 1 saturated carbocycles. The number of amides is 2. The summed E-state index contributed by atoms with van der Waals surface area (Å²) in [5.74, 6) is -0.757. The largest absolute Gasteiger partial charge is 0.416 e. The molecule has 1 aromatic heterocycles. The molecule has 1 aliphatic carbocycles. The predicted molar refractivity (Wildman–Crippen MR) is 110 cm³/mol. The summed E-state index contributed by atoms with van der Waals surface area (Å²) in [6.07, 6.45) is -0.345. The highest BCUT2D eigenvalue weighted by Gasteiger charge is 2.44. The Morgan fingerprint density at radius 2 is 1.68 bits per heavy atom. The predicted octanol–water partition coefficient (Wildman–Crippen LogP) is 5.09. The van der Waals surface area contributed by atoms with E-state index in [4.69, 9.17) is 0 Å². The fourth-order valence-electron chi connectivity index (χ4n) is 3.40. The summed E-state index contributed by atoms with van der Waals surface area (Å²) in [5, 5.41) is 5.26. The van der Waals surface area contributed by atoms with Crippen LogP contribution in [0.15, 0.2) is 73.1 Å². The Morgan fingerprint density at radius 3 is 2.39 bits per heavy atom. The number of hydrogen-bond donors (Lipinski definition) is 2. The van der Waals surface area contributed by atoms with Gasteiger partial charge in [-0.05, 0) is 60.4 Å². The van der Waals surface area contributed by atoms with E-state index >= 15 is 0 Å². The van der Waals surface area contributed by atoms with Crippen LogP contribution in [-0.4, -0.2) is 16.8 Å². The maximum absolute atomic E-state index is 12.9. The SMILES string of the molecule is O=C(Nc1cccc(C(F)(F)F)c1)c1cccc(NC(=O)[C@@H]2C[C@H]2c2cccnc2)c1. The monoisotopic (exact) mass is 425 g/mol. The van der Waals surface area contributed by atoms with E-state index in [0.29, 0.717) is 5.69 Å². The van der Waals surface area contributed by atoms with Crippen LogP contribution in [0.3, 0.4) is 0 Å². The molecule has 4 rings (SSSR count). The van der Waals surface area contributed by atoms with E-state index in [1.165, 1.54) is 24.3 Å². The molecule has 31 heavy (non-hydrogen) atoms. The second kappa shape index (κ2) is 8.22. The lowest BCUT2D eigenvalue weighted by molar-refractivity contribution is -0.137. The van der Waals surface area contributed by atoms with Crippen molar-refractivity contribution in [3.63, 3.8) is 0 Å². The third-order valence-corrected chi connectivity index (χ3v) is 5.08. The number of carbonyl (C=O) groups excluding carboxylic acids is 2. The molecule has 2 aromatic carbocycles. The number of anilines is 2. The van der Waals surface area contributed by atoms with Crippen molar-refractivity contribution in [2.45, 2.75) is 18.5 Å². The third kappa shape index (κ3) is 4.91. The molecule has 5 nitrogen and oxygen atoms in total. The topological polar surface area (TPSA) is 71.1 Å². The lowest BCUT2D eigenvalue weighted by atomic mass is 10.1. The van der Waals surface area contributed by atoms with E-state index in [0.717, 1.165) is 24.1 Å². The molecule has 0 aliphatic heterocycles. The normalized spacial score (nSPS) is 17.6. The quantitative estimate of drug-likeness (QED) is 0.598. The second-order valence-corrected chi connectivity index (χ2v) is 7.34. The third-order valence-electron chi connectivity index (χ3n) is 5.08. The minimum atomic E-state index is -4.50. The first-order valence-corrected chi connectivity index (χ1v) is 9.61. The number of rotatable bonds is 5. The van der Waals surface area contributed by atoms with Crippen molar-refractivity contribution in [2.24, 2.45) is 5.92 Å². The van der Waals surface area contributed by atoms with Gasteiger partial charge in [0.05, 0.1) is 5.56 Å². The van der Waals surface area contributed by atoms with Gasteiger partial charge >= 0.3 is 6.18 Å². The van der Waals surface area contributed by atoms with E-state index in [-0.39, 0.29) is 29.0 Å². The van der Waals surface area contributed by atoms with Crippen molar-refractivity contribution >= 4 is 23.2 Å². The number of carbonyl (C=O) groups is 2. The van der Waals surface area contributed by atoms with Gasteiger partial charge in [-0.15, -0.1) is 0 Å². The van der Waals surface area contributed by atoms with E-state index in [2.05, 4.69) is 15.6 Å². The van der Waals surface area contributed by atoms with E-state index in [9.17, 15) is 22.8 Å². The van der Waals surface area contributed by atoms with Crippen LogP contribution >= 0.6 is 0 Å². The lowest BCUT2D eigenvalue weighted by Crippen LogP contribution is -2.16. The van der Waals surface area contributed by atoms with Gasteiger partial charge in [-0.2, -0.15) is 13.2 Å². The highest BCUT2D eigenvalue weighted by molar-refractivity contribution is 6.05. The summed E-state index contributed by atoms with van der Waals surface area (Å²) in [7, 11) is 0. The first-order chi connectivity index (χ1) is 14.8. The van der Waals surface area contributed by atoms with Crippen molar-refractivity contribution in [2.75, 3.05) is 10.6 Å². The maximum atomic E-state index is 12.9. The van der Waals surface area contributed by atoms with Gasteiger partial charge in [0, 0.05) is 35.2 Å². The average Bonchev–Trinajstić information content (AvgIpc) is 3.55. The summed E-state index contributed by atoms with van der Waals surface area (Å²) < 4.78 is 38.6. The van der Waals surface area contributed by atoms with Gasteiger partial charge in [-0.1, -0.05) is 18.2 Å². The lowest BCUT2D eigenvalue weighted by Gasteiger charge is -2.11. The van der Waals surface area contributed by atoms with E-state index < -0.39 is 17.6 Å². The van der Waals surface area contributed by atoms with Gasteiger partial charge in [0.2, 0.25) is 5.91 Å². The van der Waals surface area contributed by atoms with Crippen molar-refractivity contribution < 1.29 is 22.8 Å². The van der Waals surface area contributed by atoms with Crippen LogP contribution in [0.4, 0.5) is 24.5 Å². The number of halogens is 3. The van der Waals surface area contributed by atoms with Gasteiger partial charge in [-0.25, -0.2) is 0 Å². The van der Waals surface area contributed by atoms with E-state index in [1.54, 1.807) is 24.5 Å². The Bertz CT molecular complexity index is 1120. The maximum Gasteiger partial charge on any atom is 0.416 e. The zero-order valence-electron chi connectivity index (χ0n) is 16.2. The molecule has 2 atom stereocenters. The van der Waals surface area contributed by atoms with Gasteiger partial charge in [0.15, 0.2) is 0 Å². The van der Waals surface area contributed by atoms with Crippen LogP contribution in [0.1, 0.15) is 33.8 Å². The Morgan fingerprint density at radius 1 is 0.935 bits per heavy atom. The Balaban J connectivity index is 1.40. The highest BCUT2D eigenvalue weighted by Crippen LogP contribution is 2.47. The minimum Gasteiger partial charge on any atom is -0.326 e. The smallest absolute Gasteiger partial charge is 0.326 e. The molecule has 0 spiro atoms. The molecule has 0 bridgehead atoms. The van der Waals surface area contributed by atoms with Gasteiger partial charge in [0.25, 0.3) is 5.91 Å². The van der Waals surface area contributed by atoms with E-state index in [1.807, 2.05) is 12.1 Å². The number of nitrogens with zero attached hydrogens (tertiary/aromatic N) is 1. The fourth-order valence-corrected chi connectivity index (χ4v) is 3.40. The van der Waals surface area contributed by atoms with Crippen LogP contribution in [0.5, 0.6) is 0 Å². The molecular formula is C23H18F3N3O2. The molecule has 1 heterocycles. The molecular weight excluding hydrogens is 407 g/mol. The first kappa shape index (κ1) is 20.6. The van der Waals surface area contributed by atoms with Gasteiger partial charge in [-0.3, -0.25) is 14.6 Å². The van der Waals surface area contributed by atoms with Crippen molar-refractivity contribution in [1.82, 2.24) is 4.98 Å². The summed E-state index contributed by atoms with van der Waals surface area (Å²) in [4.78, 5) is 29.1. The standard InChI is InChI=1S/C23H18F3N3O2/c24-23(25,26)16-6-2-8-18(11-16)28-21(30)14-4-1-7-17(10-14)29-22(31)20-12-19(20)15-5-3-9-27-13-15/h1-11,13,19-20H,12H2,(H,28,30)(H,29,31)/t19-,20+/m0/s1. The molecule has 0 unspecified atom stereocenters. The fraction of sp³-hybridized carbons (Fsp3) is 0.174. The Kier molecular flexibility index (Phi) is 5.46. The van der Waals surface area contributed by atoms with Gasteiger partial charge in [0.1, 0.15) is 0 Å². The number of benzene rings is 2. The average molecular weight is 425 g/mol. The van der Waals surface area contributed by atoms with Crippen molar-refractivity contribution in [1.29, 1.82) is 0 Å². The highest BCUT2D eigenvalue weighted by atomic mass is 19.4. The Hall–Kier alpha value is -3.68. The molecule has 2 amide bonds. The molecule has 3 aromatic rings. The summed E-state index contributed by atoms with van der Waals surface area (Å²) >= 11 is 0. The van der Waals surface area contributed by atoms with Gasteiger partial charge < -0.3 is 10.6 Å². The van der Waals surface area contributed by atoms with Crippen LogP contribution in [0, 0.1) is 5.92 Å². The molecule has 158 valence electrons. The number of pyridine rings is 1. The molecule has 1 aliphatic rings. The first-order valence-electron chi connectivity index (χ1n) is 9.61. The van der Waals surface area contributed by atoms with Crippen LogP contribution in [0.25, 0.3) is 0 Å². The minimum absolute atomic E-state index is 0.0338. The number of alkyl halides is 3. The second-order valence-electron chi connectivity index (χ2n) is 7.34. The Labute approximate surface area is 176 Å². The van der Waals surface area contributed by atoms with Crippen molar-refractivity contribution in [3.8, 4) is 0 Å².